The lowest BCUT2D eigenvalue weighted by atomic mass is 9.93. The van der Waals surface area contributed by atoms with Crippen molar-refractivity contribution in [3.8, 4) is 5.69 Å². The van der Waals surface area contributed by atoms with Crippen LogP contribution in [0.5, 0.6) is 0 Å². The summed E-state index contributed by atoms with van der Waals surface area (Å²) in [5.41, 5.74) is 7.06. The molecule has 212 valence electrons. The fourth-order valence-electron chi connectivity index (χ4n) is 7.21. The minimum atomic E-state index is 0.903. The lowest BCUT2D eigenvalue weighted by Gasteiger charge is -2.26. The zero-order valence-electron chi connectivity index (χ0n) is 24.8. The molecule has 0 spiro atoms. The number of hydrogen-bond acceptors (Lipinski definition) is 1. The van der Waals surface area contributed by atoms with E-state index in [1.54, 1.807) is 0 Å². The van der Waals surface area contributed by atoms with Gasteiger partial charge in [-0.25, -0.2) is 0 Å². The van der Waals surface area contributed by atoms with Crippen molar-refractivity contribution in [2.24, 2.45) is 0 Å². The molecule has 1 aliphatic carbocycles. The number of nitrogens with zero attached hydrogens (tertiary/aromatic N) is 2. The van der Waals surface area contributed by atoms with E-state index in [0.29, 0.717) is 0 Å². The Balaban J connectivity index is 1.35. The maximum Gasteiger partial charge on any atom is 0.0632 e. The van der Waals surface area contributed by atoms with Crippen LogP contribution in [0.4, 0.5) is 11.4 Å². The molecular formula is C43H30N2. The molecule has 2 nitrogen and oxygen atoms in total. The van der Waals surface area contributed by atoms with Crippen molar-refractivity contribution >= 4 is 65.5 Å². The molecule has 8 aromatic rings. The summed E-state index contributed by atoms with van der Waals surface area (Å²) in [6.07, 6.45) is 11.8. The number of rotatable bonds is 4. The molecule has 1 aliphatic rings. The first-order valence-electron chi connectivity index (χ1n) is 15.6. The van der Waals surface area contributed by atoms with E-state index in [9.17, 15) is 0 Å². The second-order valence-electron chi connectivity index (χ2n) is 11.7. The first-order chi connectivity index (χ1) is 22.4. The van der Waals surface area contributed by atoms with Crippen molar-refractivity contribution in [2.75, 3.05) is 4.90 Å². The molecule has 7 aromatic carbocycles. The highest BCUT2D eigenvalue weighted by atomic mass is 15.1. The molecule has 2 heteroatoms. The van der Waals surface area contributed by atoms with Crippen molar-refractivity contribution in [3.05, 3.63) is 176 Å². The Morgan fingerprint density at radius 3 is 1.98 bits per heavy atom. The summed E-state index contributed by atoms with van der Waals surface area (Å²) in [5.74, 6) is 0. The largest absolute Gasteiger partial charge is 0.311 e. The predicted octanol–water partition coefficient (Wildman–Crippen LogP) is 11.8. The van der Waals surface area contributed by atoms with Gasteiger partial charge in [0.05, 0.1) is 11.0 Å². The maximum absolute atomic E-state index is 2.48. The molecule has 45 heavy (non-hydrogen) atoms. The summed E-state index contributed by atoms with van der Waals surface area (Å²) in [7, 11) is 0. The molecule has 0 radical (unpaired) electrons. The minimum absolute atomic E-state index is 0.903. The Hall–Kier alpha value is -5.86. The molecule has 0 aliphatic heterocycles. The Labute approximate surface area is 262 Å². The van der Waals surface area contributed by atoms with Gasteiger partial charge in [0, 0.05) is 38.9 Å². The first-order valence-corrected chi connectivity index (χ1v) is 15.6. The fourth-order valence-corrected chi connectivity index (χ4v) is 7.21. The van der Waals surface area contributed by atoms with Crippen LogP contribution in [0.3, 0.4) is 0 Å². The number of aromatic nitrogens is 1. The zero-order chi connectivity index (χ0) is 29.7. The Bertz CT molecular complexity index is 2490. The standard InChI is InChI=1S/C43H30N2/c1-2-5-16-31(15-4-1)44(32-17-6-3-7-18-32)33-25-27-34(28-26-33)45-40-23-13-12-22-39(40)42-37-21-11-10-20-36(37)38-29-24-30-14-8-9-19-35(30)41(38)43(42)45/h1-4,6-29H,5H2. The lowest BCUT2D eigenvalue weighted by molar-refractivity contribution is 1.16. The molecule has 0 atom stereocenters. The number of fused-ring (bicyclic) bond motifs is 10. The van der Waals surface area contributed by atoms with E-state index >= 15 is 0 Å². The quantitative estimate of drug-likeness (QED) is 0.190. The molecule has 9 rings (SSSR count). The topological polar surface area (TPSA) is 8.17 Å². The fraction of sp³-hybridized carbons (Fsp3) is 0.0233. The molecule has 1 heterocycles. The van der Waals surface area contributed by atoms with Crippen LogP contribution >= 0.6 is 0 Å². The smallest absolute Gasteiger partial charge is 0.0632 e. The van der Waals surface area contributed by atoms with E-state index in [1.807, 2.05) is 0 Å². The minimum Gasteiger partial charge on any atom is -0.311 e. The third kappa shape index (κ3) is 4.03. The van der Waals surface area contributed by atoms with Gasteiger partial charge in [0.25, 0.3) is 0 Å². The second kappa shape index (κ2) is 10.4. The highest BCUT2D eigenvalue weighted by Crippen LogP contribution is 2.44. The van der Waals surface area contributed by atoms with Crippen LogP contribution in [0.2, 0.25) is 0 Å². The third-order valence-electron chi connectivity index (χ3n) is 9.14. The Kier molecular flexibility index (Phi) is 5.92. The Morgan fingerprint density at radius 2 is 1.13 bits per heavy atom. The van der Waals surface area contributed by atoms with E-state index in [1.165, 1.54) is 59.8 Å². The van der Waals surface area contributed by atoms with Gasteiger partial charge in [-0.3, -0.25) is 0 Å². The van der Waals surface area contributed by atoms with E-state index in [4.69, 9.17) is 0 Å². The summed E-state index contributed by atoms with van der Waals surface area (Å²) in [4.78, 5) is 2.34. The first kappa shape index (κ1) is 25.6. The van der Waals surface area contributed by atoms with Gasteiger partial charge in [-0.1, -0.05) is 121 Å². The van der Waals surface area contributed by atoms with Gasteiger partial charge in [-0.2, -0.15) is 0 Å². The van der Waals surface area contributed by atoms with Gasteiger partial charge in [0.2, 0.25) is 0 Å². The van der Waals surface area contributed by atoms with Crippen molar-refractivity contribution < 1.29 is 0 Å². The summed E-state index contributed by atoms with van der Waals surface area (Å²) < 4.78 is 2.48. The van der Waals surface area contributed by atoms with Crippen LogP contribution in [0.1, 0.15) is 6.42 Å². The molecule has 0 bridgehead atoms. The monoisotopic (exact) mass is 574 g/mol. The number of hydrogen-bond donors (Lipinski definition) is 0. The van der Waals surface area contributed by atoms with Crippen LogP contribution in [0.15, 0.2) is 176 Å². The van der Waals surface area contributed by atoms with E-state index in [-0.39, 0.29) is 0 Å². The van der Waals surface area contributed by atoms with E-state index in [0.717, 1.165) is 23.5 Å². The third-order valence-corrected chi connectivity index (χ3v) is 9.14. The summed E-state index contributed by atoms with van der Waals surface area (Å²) in [6.45, 7) is 0. The van der Waals surface area contributed by atoms with E-state index < -0.39 is 0 Å². The maximum atomic E-state index is 2.48. The summed E-state index contributed by atoms with van der Waals surface area (Å²) in [5, 5.41) is 10.3. The average Bonchev–Trinajstić information content (AvgIpc) is 3.22. The van der Waals surface area contributed by atoms with Gasteiger partial charge in [0.15, 0.2) is 0 Å². The van der Waals surface area contributed by atoms with E-state index in [2.05, 4.69) is 179 Å². The van der Waals surface area contributed by atoms with Gasteiger partial charge in [-0.05, 0) is 81.9 Å². The van der Waals surface area contributed by atoms with Crippen LogP contribution in [0, 0.1) is 0 Å². The van der Waals surface area contributed by atoms with Crippen LogP contribution < -0.4 is 4.90 Å². The molecule has 0 amide bonds. The number of benzene rings is 7. The molecular weight excluding hydrogens is 544 g/mol. The zero-order valence-corrected chi connectivity index (χ0v) is 24.8. The van der Waals surface area contributed by atoms with Crippen molar-refractivity contribution in [3.63, 3.8) is 0 Å². The SMILES string of the molecule is C1=CCC=C(N(c2ccccc2)c2ccc(-n3c4ccccc4c4c5ccccc5c5ccc6ccccc6c5c43)cc2)C=C1. The second-order valence-corrected chi connectivity index (χ2v) is 11.7. The summed E-state index contributed by atoms with van der Waals surface area (Å²) in [6, 6.07) is 50.8. The highest BCUT2D eigenvalue weighted by Gasteiger charge is 2.21. The number of allylic oxidation sites excluding steroid dienone is 5. The Morgan fingerprint density at radius 1 is 0.489 bits per heavy atom. The van der Waals surface area contributed by atoms with Gasteiger partial charge in [0.1, 0.15) is 0 Å². The number of para-hydroxylation sites is 2. The van der Waals surface area contributed by atoms with Crippen molar-refractivity contribution in [1.82, 2.24) is 4.57 Å². The highest BCUT2D eigenvalue weighted by molar-refractivity contribution is 6.36. The van der Waals surface area contributed by atoms with Crippen molar-refractivity contribution in [2.45, 2.75) is 6.42 Å². The molecule has 0 N–H and O–H groups in total. The van der Waals surface area contributed by atoms with Gasteiger partial charge >= 0.3 is 0 Å². The average molecular weight is 575 g/mol. The lowest BCUT2D eigenvalue weighted by Crippen LogP contribution is -2.15. The molecule has 0 saturated heterocycles. The van der Waals surface area contributed by atoms with Gasteiger partial charge < -0.3 is 9.47 Å². The van der Waals surface area contributed by atoms with Crippen LogP contribution in [0.25, 0.3) is 59.8 Å². The predicted molar refractivity (Wildman–Crippen MR) is 193 cm³/mol. The molecule has 0 unspecified atom stereocenters. The number of anilines is 2. The molecule has 1 aromatic heterocycles. The molecule has 0 fully saturated rings. The van der Waals surface area contributed by atoms with Crippen molar-refractivity contribution in [1.29, 1.82) is 0 Å². The van der Waals surface area contributed by atoms with Crippen LogP contribution in [-0.2, 0) is 0 Å². The molecule has 0 saturated carbocycles. The van der Waals surface area contributed by atoms with Crippen LogP contribution in [-0.4, -0.2) is 4.57 Å². The van der Waals surface area contributed by atoms with Gasteiger partial charge in [-0.15, -0.1) is 0 Å². The normalized spacial score (nSPS) is 13.2. The summed E-state index contributed by atoms with van der Waals surface area (Å²) >= 11 is 0.